The molecule has 0 aliphatic carbocycles. The highest BCUT2D eigenvalue weighted by molar-refractivity contribution is 8.02. The summed E-state index contributed by atoms with van der Waals surface area (Å²) in [6.45, 7) is 3.28. The van der Waals surface area contributed by atoms with Gasteiger partial charge in [0, 0.05) is 22.7 Å². The lowest BCUT2D eigenvalue weighted by atomic mass is 10.1. The highest BCUT2D eigenvalue weighted by Crippen LogP contribution is 2.20. The molecule has 0 atom stereocenters. The standard InChI is InChI=1S/C15H15NO2S/c1-10(11(2)17)8-19-9-15(18)13-7-16-14-6-4-3-5-12(13)14/h3-8,16H,9H2,1-2H3/b10-8+. The topological polar surface area (TPSA) is 49.9 Å². The summed E-state index contributed by atoms with van der Waals surface area (Å²) >= 11 is 1.36. The van der Waals surface area contributed by atoms with Gasteiger partial charge in [0.1, 0.15) is 0 Å². The van der Waals surface area contributed by atoms with Crippen LogP contribution in [0.4, 0.5) is 0 Å². The number of aromatic amines is 1. The van der Waals surface area contributed by atoms with E-state index in [1.165, 1.54) is 18.7 Å². The van der Waals surface area contributed by atoms with Gasteiger partial charge in [-0.05, 0) is 30.9 Å². The first-order valence-corrected chi connectivity index (χ1v) is 7.03. The Balaban J connectivity index is 2.09. The number of para-hydroxylation sites is 1. The Morgan fingerprint density at radius 1 is 1.26 bits per heavy atom. The number of thioether (sulfide) groups is 1. The lowest BCUT2D eigenvalue weighted by molar-refractivity contribution is -0.113. The Morgan fingerprint density at radius 3 is 2.74 bits per heavy atom. The van der Waals surface area contributed by atoms with E-state index in [2.05, 4.69) is 4.98 Å². The van der Waals surface area contributed by atoms with E-state index in [0.29, 0.717) is 16.9 Å². The van der Waals surface area contributed by atoms with E-state index in [9.17, 15) is 9.59 Å². The molecule has 0 unspecified atom stereocenters. The van der Waals surface area contributed by atoms with Gasteiger partial charge in [-0.25, -0.2) is 0 Å². The minimum Gasteiger partial charge on any atom is -0.360 e. The Labute approximate surface area is 116 Å². The van der Waals surface area contributed by atoms with E-state index in [4.69, 9.17) is 0 Å². The van der Waals surface area contributed by atoms with Crippen LogP contribution in [-0.2, 0) is 4.79 Å². The molecule has 0 saturated heterocycles. The fraction of sp³-hybridized carbons (Fsp3) is 0.200. The van der Waals surface area contributed by atoms with Crippen LogP contribution >= 0.6 is 11.8 Å². The smallest absolute Gasteiger partial charge is 0.175 e. The van der Waals surface area contributed by atoms with Crippen molar-refractivity contribution in [3.05, 3.63) is 47.0 Å². The number of fused-ring (bicyclic) bond motifs is 1. The second-order valence-corrected chi connectivity index (χ2v) is 5.20. The number of H-pyrrole nitrogens is 1. The molecule has 0 saturated carbocycles. The molecule has 0 bridgehead atoms. The number of carbonyl (C=O) groups is 2. The first-order valence-electron chi connectivity index (χ1n) is 5.98. The van der Waals surface area contributed by atoms with Crippen molar-refractivity contribution in [1.29, 1.82) is 0 Å². The van der Waals surface area contributed by atoms with Crippen molar-refractivity contribution in [3.63, 3.8) is 0 Å². The summed E-state index contributed by atoms with van der Waals surface area (Å²) in [5, 5.41) is 2.69. The number of allylic oxidation sites excluding steroid dienone is 1. The van der Waals surface area contributed by atoms with E-state index in [1.54, 1.807) is 18.5 Å². The van der Waals surface area contributed by atoms with Gasteiger partial charge in [-0.1, -0.05) is 18.2 Å². The van der Waals surface area contributed by atoms with Crippen LogP contribution in [-0.4, -0.2) is 22.3 Å². The van der Waals surface area contributed by atoms with Crippen molar-refractivity contribution in [2.75, 3.05) is 5.75 Å². The number of Topliss-reactive ketones (excluding diaryl/α,β-unsaturated/α-hetero) is 2. The van der Waals surface area contributed by atoms with Gasteiger partial charge in [0.05, 0.1) is 5.75 Å². The van der Waals surface area contributed by atoms with Crippen molar-refractivity contribution in [3.8, 4) is 0 Å². The average Bonchev–Trinajstić information content (AvgIpc) is 2.82. The quantitative estimate of drug-likeness (QED) is 0.669. The molecule has 1 N–H and O–H groups in total. The third-order valence-electron chi connectivity index (χ3n) is 2.92. The Kier molecular flexibility index (Phi) is 4.22. The molecule has 1 heterocycles. The van der Waals surface area contributed by atoms with E-state index in [0.717, 1.165) is 10.9 Å². The maximum atomic E-state index is 12.1. The second kappa shape index (κ2) is 5.89. The van der Waals surface area contributed by atoms with Crippen LogP contribution in [0.1, 0.15) is 24.2 Å². The zero-order valence-corrected chi connectivity index (χ0v) is 11.7. The lowest BCUT2D eigenvalue weighted by Crippen LogP contribution is -2.01. The van der Waals surface area contributed by atoms with Gasteiger partial charge in [0.2, 0.25) is 0 Å². The third-order valence-corrected chi connectivity index (χ3v) is 3.87. The minimum absolute atomic E-state index is 0.0343. The van der Waals surface area contributed by atoms with Crippen LogP contribution < -0.4 is 0 Å². The van der Waals surface area contributed by atoms with E-state index < -0.39 is 0 Å². The van der Waals surface area contributed by atoms with E-state index >= 15 is 0 Å². The van der Waals surface area contributed by atoms with Crippen molar-refractivity contribution in [2.24, 2.45) is 0 Å². The van der Waals surface area contributed by atoms with Gasteiger partial charge in [-0.2, -0.15) is 0 Å². The molecule has 1 aromatic heterocycles. The van der Waals surface area contributed by atoms with Crippen LogP contribution in [0.25, 0.3) is 10.9 Å². The van der Waals surface area contributed by atoms with Gasteiger partial charge in [0.15, 0.2) is 11.6 Å². The summed E-state index contributed by atoms with van der Waals surface area (Å²) in [6.07, 6.45) is 1.75. The summed E-state index contributed by atoms with van der Waals surface area (Å²) in [6, 6.07) is 7.72. The van der Waals surface area contributed by atoms with Crippen LogP contribution in [0, 0.1) is 0 Å². The van der Waals surface area contributed by atoms with E-state index in [1.807, 2.05) is 24.3 Å². The van der Waals surface area contributed by atoms with Gasteiger partial charge in [-0.3, -0.25) is 9.59 Å². The third kappa shape index (κ3) is 3.15. The van der Waals surface area contributed by atoms with Crippen molar-refractivity contribution >= 4 is 34.2 Å². The first-order chi connectivity index (χ1) is 9.09. The number of aromatic nitrogens is 1. The van der Waals surface area contributed by atoms with Gasteiger partial charge >= 0.3 is 0 Å². The Morgan fingerprint density at radius 2 is 2.00 bits per heavy atom. The molecule has 19 heavy (non-hydrogen) atoms. The molecular weight excluding hydrogens is 258 g/mol. The maximum Gasteiger partial charge on any atom is 0.175 e. The van der Waals surface area contributed by atoms with Crippen molar-refractivity contribution in [1.82, 2.24) is 4.98 Å². The number of nitrogens with one attached hydrogen (secondary N) is 1. The van der Waals surface area contributed by atoms with Gasteiger partial charge in [-0.15, -0.1) is 11.8 Å². The molecule has 0 spiro atoms. The van der Waals surface area contributed by atoms with Crippen LogP contribution in [0.15, 0.2) is 41.4 Å². The summed E-state index contributed by atoms with van der Waals surface area (Å²) in [4.78, 5) is 26.3. The number of benzene rings is 1. The molecule has 0 amide bonds. The molecule has 2 aromatic rings. The van der Waals surface area contributed by atoms with Gasteiger partial charge < -0.3 is 4.98 Å². The molecule has 2 rings (SSSR count). The van der Waals surface area contributed by atoms with Crippen LogP contribution in [0.2, 0.25) is 0 Å². The zero-order valence-electron chi connectivity index (χ0n) is 10.9. The fourth-order valence-electron chi connectivity index (χ4n) is 1.71. The highest BCUT2D eigenvalue weighted by Gasteiger charge is 2.11. The van der Waals surface area contributed by atoms with Crippen LogP contribution in [0.3, 0.4) is 0 Å². The maximum absolute atomic E-state index is 12.1. The second-order valence-electron chi connectivity index (χ2n) is 4.34. The summed E-state index contributed by atoms with van der Waals surface area (Å²) in [5.41, 5.74) is 2.35. The molecule has 1 aromatic carbocycles. The first kappa shape index (κ1) is 13.6. The Hall–Kier alpha value is -1.81. The average molecular weight is 273 g/mol. The predicted molar refractivity (Wildman–Crippen MR) is 79.5 cm³/mol. The number of carbonyl (C=O) groups excluding carboxylic acids is 2. The molecule has 0 radical (unpaired) electrons. The molecule has 0 fully saturated rings. The summed E-state index contributed by atoms with van der Waals surface area (Å²) in [5.74, 6) is 0.439. The van der Waals surface area contributed by atoms with Crippen molar-refractivity contribution in [2.45, 2.75) is 13.8 Å². The molecule has 3 nitrogen and oxygen atoms in total. The molecular formula is C15H15NO2S. The molecule has 0 aliphatic rings. The largest absolute Gasteiger partial charge is 0.360 e. The number of ketones is 2. The van der Waals surface area contributed by atoms with Gasteiger partial charge in [0.25, 0.3) is 0 Å². The Bertz CT molecular complexity index is 655. The molecule has 98 valence electrons. The SMILES string of the molecule is CC(=O)/C(C)=C/SCC(=O)c1c[nH]c2ccccc12. The number of hydrogen-bond acceptors (Lipinski definition) is 3. The number of hydrogen-bond donors (Lipinski definition) is 1. The minimum atomic E-state index is 0.0343. The predicted octanol–water partition coefficient (Wildman–Crippen LogP) is 3.58. The summed E-state index contributed by atoms with van der Waals surface area (Å²) < 4.78 is 0. The van der Waals surface area contributed by atoms with E-state index in [-0.39, 0.29) is 11.6 Å². The van der Waals surface area contributed by atoms with Crippen LogP contribution in [0.5, 0.6) is 0 Å². The fourth-order valence-corrected chi connectivity index (χ4v) is 2.51. The monoisotopic (exact) mass is 273 g/mol. The lowest BCUT2D eigenvalue weighted by Gasteiger charge is -1.98. The van der Waals surface area contributed by atoms with Crippen molar-refractivity contribution < 1.29 is 9.59 Å². The molecule has 4 heteroatoms. The normalized spacial score (nSPS) is 11.8. The zero-order chi connectivity index (χ0) is 13.8. The number of rotatable bonds is 5. The highest BCUT2D eigenvalue weighted by atomic mass is 32.2. The summed E-state index contributed by atoms with van der Waals surface area (Å²) in [7, 11) is 0. The molecule has 0 aliphatic heterocycles.